The summed E-state index contributed by atoms with van der Waals surface area (Å²) in [5.74, 6) is 0.184. The van der Waals surface area contributed by atoms with Crippen molar-refractivity contribution in [3.8, 4) is 0 Å². The molecule has 1 aromatic carbocycles. The monoisotopic (exact) mass is 417 g/mol. The Labute approximate surface area is 167 Å². The fourth-order valence-corrected chi connectivity index (χ4v) is 5.29. The van der Waals surface area contributed by atoms with Gasteiger partial charge in [-0.3, -0.25) is 4.79 Å². The standard InChI is InChI=1S/C18H27N3O4S.ClH/c1-13-10-21(11-14(2)25-13)26(23,24)17-5-3-4-16(8-17)18(22)20-7-6-15(9-19)12-20;/h3-5,8,13-15H,6-7,9-12,19H2,1-2H3;1H. The summed E-state index contributed by atoms with van der Waals surface area (Å²) in [7, 11) is -3.66. The molecule has 0 radical (unpaired) electrons. The van der Waals surface area contributed by atoms with E-state index in [1.54, 1.807) is 23.1 Å². The highest BCUT2D eigenvalue weighted by molar-refractivity contribution is 7.89. The summed E-state index contributed by atoms with van der Waals surface area (Å²) in [5, 5.41) is 0. The zero-order valence-corrected chi connectivity index (χ0v) is 17.3. The van der Waals surface area contributed by atoms with Gasteiger partial charge in [-0.15, -0.1) is 12.4 Å². The van der Waals surface area contributed by atoms with Gasteiger partial charge < -0.3 is 15.4 Å². The average molecular weight is 418 g/mol. The van der Waals surface area contributed by atoms with Crippen molar-refractivity contribution >= 4 is 28.3 Å². The number of hydrogen-bond donors (Lipinski definition) is 1. The minimum Gasteiger partial charge on any atom is -0.373 e. The number of benzene rings is 1. The quantitative estimate of drug-likeness (QED) is 0.797. The Kier molecular flexibility index (Phi) is 7.27. The molecule has 0 aromatic heterocycles. The molecule has 9 heteroatoms. The lowest BCUT2D eigenvalue weighted by Crippen LogP contribution is -2.48. The molecule has 0 bridgehead atoms. The minimum absolute atomic E-state index is 0. The molecular formula is C18H28ClN3O4S. The summed E-state index contributed by atoms with van der Waals surface area (Å²) in [4.78, 5) is 14.6. The highest BCUT2D eigenvalue weighted by atomic mass is 35.5. The summed E-state index contributed by atoms with van der Waals surface area (Å²) in [6.07, 6.45) is 0.580. The number of carbonyl (C=O) groups is 1. The van der Waals surface area contributed by atoms with Crippen LogP contribution >= 0.6 is 12.4 Å². The smallest absolute Gasteiger partial charge is 0.253 e. The first-order valence-electron chi connectivity index (χ1n) is 9.06. The van der Waals surface area contributed by atoms with Crippen molar-refractivity contribution in [1.29, 1.82) is 0 Å². The van der Waals surface area contributed by atoms with E-state index in [9.17, 15) is 13.2 Å². The van der Waals surface area contributed by atoms with Crippen LogP contribution in [0.4, 0.5) is 0 Å². The van der Waals surface area contributed by atoms with E-state index in [2.05, 4.69) is 0 Å². The van der Waals surface area contributed by atoms with Crippen LogP contribution < -0.4 is 5.73 Å². The van der Waals surface area contributed by atoms with Gasteiger partial charge in [-0.05, 0) is 50.9 Å². The lowest BCUT2D eigenvalue weighted by atomic mass is 10.1. The van der Waals surface area contributed by atoms with Gasteiger partial charge in [0.1, 0.15) is 0 Å². The van der Waals surface area contributed by atoms with Crippen LogP contribution in [0, 0.1) is 5.92 Å². The fourth-order valence-electron chi connectivity index (χ4n) is 3.66. The van der Waals surface area contributed by atoms with Crippen LogP contribution in [-0.4, -0.2) is 68.5 Å². The van der Waals surface area contributed by atoms with Crippen LogP contribution in [0.2, 0.25) is 0 Å². The van der Waals surface area contributed by atoms with Gasteiger partial charge in [0.2, 0.25) is 10.0 Å². The molecule has 3 atom stereocenters. The molecule has 2 fully saturated rings. The number of carbonyl (C=O) groups excluding carboxylic acids is 1. The molecule has 3 rings (SSSR count). The maximum absolute atomic E-state index is 13.0. The van der Waals surface area contributed by atoms with Crippen molar-refractivity contribution in [2.45, 2.75) is 37.4 Å². The van der Waals surface area contributed by atoms with Crippen LogP contribution in [0.25, 0.3) is 0 Å². The number of nitrogens with two attached hydrogens (primary N) is 1. The van der Waals surface area contributed by atoms with Gasteiger partial charge in [-0.1, -0.05) is 6.07 Å². The Morgan fingerprint density at radius 3 is 2.48 bits per heavy atom. The van der Waals surface area contributed by atoms with E-state index >= 15 is 0 Å². The third kappa shape index (κ3) is 4.81. The minimum atomic E-state index is -3.66. The summed E-state index contributed by atoms with van der Waals surface area (Å²) in [6.45, 7) is 6.20. The SMILES string of the molecule is CC1CN(S(=O)(=O)c2cccc(C(=O)N3CCC(CN)C3)c2)CC(C)O1.Cl. The predicted octanol–water partition coefficient (Wildman–Crippen LogP) is 1.33. The third-order valence-electron chi connectivity index (χ3n) is 5.01. The molecule has 1 amide bonds. The maximum atomic E-state index is 13.0. The number of hydrogen-bond acceptors (Lipinski definition) is 5. The highest BCUT2D eigenvalue weighted by Crippen LogP contribution is 2.23. The number of rotatable bonds is 4. The topological polar surface area (TPSA) is 92.9 Å². The first kappa shape index (κ1) is 22.1. The predicted molar refractivity (Wildman–Crippen MR) is 106 cm³/mol. The first-order chi connectivity index (χ1) is 12.3. The molecule has 152 valence electrons. The first-order valence-corrected chi connectivity index (χ1v) is 10.5. The van der Waals surface area contributed by atoms with Crippen molar-refractivity contribution in [3.05, 3.63) is 29.8 Å². The zero-order chi connectivity index (χ0) is 18.9. The van der Waals surface area contributed by atoms with Gasteiger partial charge in [-0.2, -0.15) is 4.31 Å². The van der Waals surface area contributed by atoms with Crippen molar-refractivity contribution in [1.82, 2.24) is 9.21 Å². The number of amides is 1. The molecule has 2 aliphatic rings. The lowest BCUT2D eigenvalue weighted by molar-refractivity contribution is -0.0440. The number of halogens is 1. The second kappa shape index (κ2) is 8.87. The van der Waals surface area contributed by atoms with Crippen molar-refractivity contribution in [2.24, 2.45) is 11.7 Å². The van der Waals surface area contributed by atoms with Gasteiger partial charge in [0, 0.05) is 31.7 Å². The maximum Gasteiger partial charge on any atom is 0.253 e. The summed E-state index contributed by atoms with van der Waals surface area (Å²) in [5.41, 5.74) is 6.09. The molecule has 2 heterocycles. The van der Waals surface area contributed by atoms with Crippen LogP contribution in [0.3, 0.4) is 0 Å². The Bertz CT molecular complexity index is 764. The molecule has 2 N–H and O–H groups in total. The highest BCUT2D eigenvalue weighted by Gasteiger charge is 2.33. The number of morpholine rings is 1. The van der Waals surface area contributed by atoms with E-state index in [4.69, 9.17) is 10.5 Å². The number of ether oxygens (including phenoxy) is 1. The second-order valence-electron chi connectivity index (χ2n) is 7.25. The summed E-state index contributed by atoms with van der Waals surface area (Å²) >= 11 is 0. The van der Waals surface area contributed by atoms with E-state index in [0.29, 0.717) is 44.2 Å². The third-order valence-corrected chi connectivity index (χ3v) is 6.84. The fraction of sp³-hybridized carbons (Fsp3) is 0.611. The molecule has 2 aliphatic heterocycles. The van der Waals surface area contributed by atoms with Crippen molar-refractivity contribution in [2.75, 3.05) is 32.7 Å². The van der Waals surface area contributed by atoms with E-state index in [1.807, 2.05) is 13.8 Å². The normalized spacial score (nSPS) is 26.6. The molecule has 27 heavy (non-hydrogen) atoms. The second-order valence-corrected chi connectivity index (χ2v) is 9.19. The van der Waals surface area contributed by atoms with E-state index in [0.717, 1.165) is 6.42 Å². The largest absolute Gasteiger partial charge is 0.373 e. The number of likely N-dealkylation sites (tertiary alicyclic amines) is 1. The molecular weight excluding hydrogens is 390 g/mol. The molecule has 3 unspecified atom stereocenters. The molecule has 1 aromatic rings. The lowest BCUT2D eigenvalue weighted by Gasteiger charge is -2.34. The Morgan fingerprint density at radius 1 is 1.22 bits per heavy atom. The molecule has 2 saturated heterocycles. The molecule has 7 nitrogen and oxygen atoms in total. The molecule has 0 saturated carbocycles. The molecule has 0 aliphatic carbocycles. The van der Waals surface area contributed by atoms with Gasteiger partial charge in [0.25, 0.3) is 5.91 Å². The van der Waals surface area contributed by atoms with Crippen LogP contribution in [0.5, 0.6) is 0 Å². The summed E-state index contributed by atoms with van der Waals surface area (Å²) in [6, 6.07) is 6.33. The Balaban J connectivity index is 0.00000261. The van der Waals surface area contributed by atoms with E-state index in [1.165, 1.54) is 10.4 Å². The van der Waals surface area contributed by atoms with Gasteiger partial charge in [-0.25, -0.2) is 8.42 Å². The Hall–Kier alpha value is -1.19. The van der Waals surface area contributed by atoms with E-state index < -0.39 is 10.0 Å². The van der Waals surface area contributed by atoms with Gasteiger partial charge in [0.05, 0.1) is 17.1 Å². The Morgan fingerprint density at radius 2 is 1.89 bits per heavy atom. The van der Waals surface area contributed by atoms with Gasteiger partial charge >= 0.3 is 0 Å². The number of nitrogens with zero attached hydrogens (tertiary/aromatic N) is 2. The number of sulfonamides is 1. The van der Waals surface area contributed by atoms with Crippen molar-refractivity contribution in [3.63, 3.8) is 0 Å². The van der Waals surface area contributed by atoms with Gasteiger partial charge in [0.15, 0.2) is 0 Å². The average Bonchev–Trinajstić information content (AvgIpc) is 3.09. The van der Waals surface area contributed by atoms with Crippen LogP contribution in [0.1, 0.15) is 30.6 Å². The van der Waals surface area contributed by atoms with Crippen LogP contribution in [0.15, 0.2) is 29.2 Å². The van der Waals surface area contributed by atoms with Crippen LogP contribution in [-0.2, 0) is 14.8 Å². The molecule has 0 spiro atoms. The van der Waals surface area contributed by atoms with Crippen molar-refractivity contribution < 1.29 is 17.9 Å². The summed E-state index contributed by atoms with van der Waals surface area (Å²) < 4.78 is 33.1. The zero-order valence-electron chi connectivity index (χ0n) is 15.7. The van der Waals surface area contributed by atoms with E-state index in [-0.39, 0.29) is 35.4 Å².